The van der Waals surface area contributed by atoms with Gasteiger partial charge in [-0.1, -0.05) is 39.8 Å². The Labute approximate surface area is 137 Å². The van der Waals surface area contributed by atoms with E-state index in [1.807, 2.05) is 12.1 Å². The van der Waals surface area contributed by atoms with Gasteiger partial charge in [-0.25, -0.2) is 9.97 Å². The molecular formula is C17H26N4O2. The molecule has 0 unspecified atom stereocenters. The second-order valence-corrected chi connectivity index (χ2v) is 6.98. The van der Waals surface area contributed by atoms with E-state index in [1.165, 1.54) is 0 Å². The molecule has 126 valence electrons. The second kappa shape index (κ2) is 7.08. The van der Waals surface area contributed by atoms with Crippen LogP contribution in [-0.4, -0.2) is 22.2 Å². The predicted octanol–water partition coefficient (Wildman–Crippen LogP) is 3.64. The van der Waals surface area contributed by atoms with Crippen LogP contribution in [0.25, 0.3) is 0 Å². The van der Waals surface area contributed by atoms with E-state index in [0.29, 0.717) is 19.1 Å². The Balaban J connectivity index is 2.15. The first-order valence-electron chi connectivity index (χ1n) is 7.86. The Morgan fingerprint density at radius 3 is 2.52 bits per heavy atom. The number of ether oxygens (including phenoxy) is 1. The topological polar surface area (TPSA) is 73.1 Å². The summed E-state index contributed by atoms with van der Waals surface area (Å²) in [5, 5.41) is 7.35. The summed E-state index contributed by atoms with van der Waals surface area (Å²) in [6, 6.07) is 3.87. The van der Waals surface area contributed by atoms with Gasteiger partial charge in [-0.2, -0.15) is 0 Å². The van der Waals surface area contributed by atoms with Gasteiger partial charge in [0.15, 0.2) is 5.76 Å². The molecule has 0 amide bonds. The number of anilines is 1. The summed E-state index contributed by atoms with van der Waals surface area (Å²) >= 11 is 0. The van der Waals surface area contributed by atoms with Crippen molar-refractivity contribution in [1.82, 2.24) is 15.1 Å². The SMILES string of the molecule is COCc1cc(NCc2cc(C(C)C)no2)nc(C(C)(C)C)n1. The molecule has 23 heavy (non-hydrogen) atoms. The van der Waals surface area contributed by atoms with E-state index in [2.05, 4.69) is 55.1 Å². The molecule has 0 spiro atoms. The number of nitrogens with zero attached hydrogens (tertiary/aromatic N) is 3. The van der Waals surface area contributed by atoms with Crippen molar-refractivity contribution < 1.29 is 9.26 Å². The van der Waals surface area contributed by atoms with Crippen LogP contribution in [0.4, 0.5) is 5.82 Å². The standard InChI is InChI=1S/C17H26N4O2/c1-11(2)14-8-13(23-21-14)9-18-15-7-12(10-22-6)19-16(20-15)17(3,4)5/h7-8,11H,9-10H2,1-6H3,(H,18,19,20). The Hall–Kier alpha value is -1.95. The molecule has 0 aliphatic heterocycles. The Morgan fingerprint density at radius 1 is 1.22 bits per heavy atom. The van der Waals surface area contributed by atoms with Crippen LogP contribution in [0.5, 0.6) is 0 Å². The third kappa shape index (κ3) is 4.76. The van der Waals surface area contributed by atoms with Crippen LogP contribution in [0, 0.1) is 0 Å². The van der Waals surface area contributed by atoms with E-state index in [9.17, 15) is 0 Å². The summed E-state index contributed by atoms with van der Waals surface area (Å²) in [6.07, 6.45) is 0. The van der Waals surface area contributed by atoms with Crippen LogP contribution >= 0.6 is 0 Å². The lowest BCUT2D eigenvalue weighted by atomic mass is 9.95. The summed E-state index contributed by atoms with van der Waals surface area (Å²) in [6.45, 7) is 11.4. The van der Waals surface area contributed by atoms with Gasteiger partial charge in [-0.05, 0) is 5.92 Å². The van der Waals surface area contributed by atoms with E-state index < -0.39 is 0 Å². The van der Waals surface area contributed by atoms with Crippen molar-refractivity contribution in [1.29, 1.82) is 0 Å². The molecule has 0 radical (unpaired) electrons. The van der Waals surface area contributed by atoms with Gasteiger partial charge in [0.25, 0.3) is 0 Å². The maximum Gasteiger partial charge on any atom is 0.156 e. The van der Waals surface area contributed by atoms with Crippen molar-refractivity contribution in [3.05, 3.63) is 35.1 Å². The first-order valence-corrected chi connectivity index (χ1v) is 7.86. The van der Waals surface area contributed by atoms with E-state index in [-0.39, 0.29) is 5.41 Å². The average molecular weight is 318 g/mol. The molecule has 2 aromatic rings. The molecule has 6 nitrogen and oxygen atoms in total. The molecule has 0 saturated heterocycles. The van der Waals surface area contributed by atoms with Crippen LogP contribution in [-0.2, 0) is 23.3 Å². The van der Waals surface area contributed by atoms with Gasteiger partial charge in [-0.3, -0.25) is 0 Å². The van der Waals surface area contributed by atoms with E-state index >= 15 is 0 Å². The van der Waals surface area contributed by atoms with Gasteiger partial charge in [0.05, 0.1) is 24.5 Å². The molecule has 1 N–H and O–H groups in total. The van der Waals surface area contributed by atoms with Crippen molar-refractivity contribution in [2.24, 2.45) is 0 Å². The molecular weight excluding hydrogens is 292 g/mol. The summed E-state index contributed by atoms with van der Waals surface area (Å²) in [5.74, 6) is 2.69. The zero-order valence-corrected chi connectivity index (χ0v) is 14.8. The zero-order valence-electron chi connectivity index (χ0n) is 14.8. The fraction of sp³-hybridized carbons (Fsp3) is 0.588. The normalized spacial score (nSPS) is 12.0. The largest absolute Gasteiger partial charge is 0.378 e. The first kappa shape index (κ1) is 17.4. The summed E-state index contributed by atoms with van der Waals surface area (Å²) < 4.78 is 10.5. The molecule has 0 bridgehead atoms. The van der Waals surface area contributed by atoms with Crippen molar-refractivity contribution in [2.45, 2.75) is 59.1 Å². The van der Waals surface area contributed by atoms with Crippen molar-refractivity contribution in [3.63, 3.8) is 0 Å². The summed E-state index contributed by atoms with van der Waals surface area (Å²) in [4.78, 5) is 9.17. The molecule has 0 atom stereocenters. The van der Waals surface area contributed by atoms with Gasteiger partial charge < -0.3 is 14.6 Å². The van der Waals surface area contributed by atoms with Crippen molar-refractivity contribution >= 4 is 5.82 Å². The molecule has 0 aliphatic carbocycles. The number of hydrogen-bond donors (Lipinski definition) is 1. The molecule has 0 aliphatic rings. The monoisotopic (exact) mass is 318 g/mol. The Kier molecular flexibility index (Phi) is 5.36. The number of hydrogen-bond acceptors (Lipinski definition) is 6. The minimum atomic E-state index is -0.128. The highest BCUT2D eigenvalue weighted by molar-refractivity contribution is 5.37. The first-order chi connectivity index (χ1) is 10.8. The number of nitrogens with one attached hydrogen (secondary N) is 1. The molecule has 0 aromatic carbocycles. The average Bonchev–Trinajstić information content (AvgIpc) is 2.93. The van der Waals surface area contributed by atoms with Crippen LogP contribution < -0.4 is 5.32 Å². The Bertz CT molecular complexity index is 644. The highest BCUT2D eigenvalue weighted by Crippen LogP contribution is 2.21. The van der Waals surface area contributed by atoms with Gasteiger partial charge >= 0.3 is 0 Å². The predicted molar refractivity (Wildman–Crippen MR) is 89.4 cm³/mol. The fourth-order valence-corrected chi connectivity index (χ4v) is 2.01. The van der Waals surface area contributed by atoms with E-state index in [0.717, 1.165) is 28.8 Å². The third-order valence-electron chi connectivity index (χ3n) is 3.35. The molecule has 0 saturated carbocycles. The molecule has 0 fully saturated rings. The highest BCUT2D eigenvalue weighted by atomic mass is 16.5. The van der Waals surface area contributed by atoms with Gasteiger partial charge in [0.1, 0.15) is 11.6 Å². The lowest BCUT2D eigenvalue weighted by Crippen LogP contribution is -2.18. The maximum atomic E-state index is 5.34. The van der Waals surface area contributed by atoms with E-state index in [1.54, 1.807) is 7.11 Å². The molecule has 6 heteroatoms. The third-order valence-corrected chi connectivity index (χ3v) is 3.35. The van der Waals surface area contributed by atoms with Crippen molar-refractivity contribution in [3.8, 4) is 0 Å². The Morgan fingerprint density at radius 2 is 1.96 bits per heavy atom. The van der Waals surface area contributed by atoms with Crippen molar-refractivity contribution in [2.75, 3.05) is 12.4 Å². The van der Waals surface area contributed by atoms with Crippen LogP contribution in [0.1, 0.15) is 63.5 Å². The number of methoxy groups -OCH3 is 1. The van der Waals surface area contributed by atoms with Crippen LogP contribution in [0.2, 0.25) is 0 Å². The summed E-state index contributed by atoms with van der Waals surface area (Å²) in [5.41, 5.74) is 1.69. The van der Waals surface area contributed by atoms with Gasteiger partial charge in [-0.15, -0.1) is 0 Å². The summed E-state index contributed by atoms with van der Waals surface area (Å²) in [7, 11) is 1.66. The second-order valence-electron chi connectivity index (χ2n) is 6.98. The van der Waals surface area contributed by atoms with Crippen LogP contribution in [0.15, 0.2) is 16.7 Å². The van der Waals surface area contributed by atoms with Gasteiger partial charge in [0, 0.05) is 24.7 Å². The number of rotatable bonds is 6. The highest BCUT2D eigenvalue weighted by Gasteiger charge is 2.19. The minimum Gasteiger partial charge on any atom is -0.378 e. The van der Waals surface area contributed by atoms with Gasteiger partial charge in [0.2, 0.25) is 0 Å². The quantitative estimate of drug-likeness (QED) is 0.876. The molecule has 2 rings (SSSR count). The fourth-order valence-electron chi connectivity index (χ4n) is 2.01. The molecule has 2 aromatic heterocycles. The smallest absolute Gasteiger partial charge is 0.156 e. The number of aromatic nitrogens is 3. The minimum absolute atomic E-state index is 0.128. The zero-order chi connectivity index (χ0) is 17.0. The lowest BCUT2D eigenvalue weighted by Gasteiger charge is -2.18. The molecule has 2 heterocycles. The maximum absolute atomic E-state index is 5.34. The van der Waals surface area contributed by atoms with Crippen LogP contribution in [0.3, 0.4) is 0 Å². The lowest BCUT2D eigenvalue weighted by molar-refractivity contribution is 0.181. The van der Waals surface area contributed by atoms with E-state index in [4.69, 9.17) is 9.26 Å².